The van der Waals surface area contributed by atoms with E-state index in [2.05, 4.69) is 5.32 Å². The number of carboxylic acid groups (broad SMARTS) is 1. The van der Waals surface area contributed by atoms with E-state index in [0.717, 1.165) is 17.3 Å². The number of amides is 2. The molecule has 1 aromatic rings. The Hall–Kier alpha value is -2.79. The number of rotatable bonds is 6. The van der Waals surface area contributed by atoms with E-state index in [4.69, 9.17) is 9.47 Å². The highest BCUT2D eigenvalue weighted by atomic mass is 32.2. The summed E-state index contributed by atoms with van der Waals surface area (Å²) in [4.78, 5) is 50.0. The number of nitrogens with one attached hydrogen (secondary N) is 1. The molecule has 2 N–H and O–H groups in total. The molecular formula is C22H27N3O7S. The van der Waals surface area contributed by atoms with Gasteiger partial charge in [-0.05, 0) is 49.8 Å². The predicted octanol–water partition coefficient (Wildman–Crippen LogP) is 1.18. The molecule has 1 aromatic carbocycles. The van der Waals surface area contributed by atoms with Gasteiger partial charge >= 0.3 is 5.97 Å². The summed E-state index contributed by atoms with van der Waals surface area (Å²) in [5, 5.41) is 14.5. The van der Waals surface area contributed by atoms with Crippen LogP contribution < -0.4 is 14.8 Å². The van der Waals surface area contributed by atoms with Crippen molar-refractivity contribution in [3.05, 3.63) is 23.8 Å². The fraction of sp³-hybridized carbons (Fsp3) is 0.545. The van der Waals surface area contributed by atoms with Crippen LogP contribution in [0.3, 0.4) is 0 Å². The van der Waals surface area contributed by atoms with Crippen LogP contribution in [0.1, 0.15) is 38.2 Å². The van der Waals surface area contributed by atoms with Crippen molar-refractivity contribution < 1.29 is 33.8 Å². The van der Waals surface area contributed by atoms with Gasteiger partial charge in [-0.1, -0.05) is 17.8 Å². The third kappa shape index (κ3) is 5.25. The molecule has 1 unspecified atom stereocenters. The van der Waals surface area contributed by atoms with Crippen molar-refractivity contribution in [2.45, 2.75) is 56.4 Å². The molecule has 178 valence electrons. The second-order valence-corrected chi connectivity index (χ2v) is 9.71. The van der Waals surface area contributed by atoms with E-state index in [-0.39, 0.29) is 18.3 Å². The Morgan fingerprint density at radius 2 is 1.91 bits per heavy atom. The van der Waals surface area contributed by atoms with Gasteiger partial charge in [0.05, 0.1) is 5.25 Å². The van der Waals surface area contributed by atoms with E-state index in [1.807, 2.05) is 6.07 Å². The van der Waals surface area contributed by atoms with Crippen molar-refractivity contribution >= 4 is 34.7 Å². The maximum absolute atomic E-state index is 13.3. The second-order valence-electron chi connectivity index (χ2n) is 8.33. The Bertz CT molecular complexity index is 956. The van der Waals surface area contributed by atoms with Crippen LogP contribution in [-0.4, -0.2) is 75.2 Å². The predicted molar refractivity (Wildman–Crippen MR) is 119 cm³/mol. The van der Waals surface area contributed by atoms with Gasteiger partial charge in [-0.25, -0.2) is 9.80 Å². The largest absolute Gasteiger partial charge is 0.480 e. The van der Waals surface area contributed by atoms with Crippen LogP contribution in [-0.2, 0) is 25.6 Å². The summed E-state index contributed by atoms with van der Waals surface area (Å²) >= 11 is 0.907. The second kappa shape index (κ2) is 10.0. The van der Waals surface area contributed by atoms with Crippen LogP contribution in [0.5, 0.6) is 11.5 Å². The highest BCUT2D eigenvalue weighted by Crippen LogP contribution is 2.33. The number of carbonyl (C=O) groups excluding carboxylic acids is 3. The van der Waals surface area contributed by atoms with Crippen LogP contribution in [0.25, 0.3) is 0 Å². The first-order chi connectivity index (χ1) is 15.8. The molecule has 3 atom stereocenters. The molecule has 0 aliphatic carbocycles. The average Bonchev–Trinajstić information content (AvgIpc) is 3.18. The van der Waals surface area contributed by atoms with Gasteiger partial charge in [0.1, 0.15) is 12.1 Å². The number of fused-ring (bicyclic) bond motifs is 2. The topological polar surface area (TPSA) is 125 Å². The van der Waals surface area contributed by atoms with Crippen molar-refractivity contribution in [1.82, 2.24) is 15.3 Å². The number of carbonyl (C=O) groups is 4. The summed E-state index contributed by atoms with van der Waals surface area (Å²) in [5.41, 5.74) is 0.800. The highest BCUT2D eigenvalue weighted by molar-refractivity contribution is 8.14. The summed E-state index contributed by atoms with van der Waals surface area (Å²) in [6, 6.07) is 3.59. The molecule has 10 nitrogen and oxygen atoms in total. The van der Waals surface area contributed by atoms with Gasteiger partial charge in [0.2, 0.25) is 12.7 Å². The molecule has 2 saturated heterocycles. The van der Waals surface area contributed by atoms with Gasteiger partial charge in [0.25, 0.3) is 5.91 Å². The molecule has 0 radical (unpaired) electrons. The number of benzene rings is 1. The fourth-order valence-corrected chi connectivity index (χ4v) is 5.32. The lowest BCUT2D eigenvalue weighted by atomic mass is 10.1. The summed E-state index contributed by atoms with van der Waals surface area (Å²) in [6.45, 7) is 2.71. The smallest absolute Gasteiger partial charge is 0.328 e. The third-order valence-electron chi connectivity index (χ3n) is 5.99. The van der Waals surface area contributed by atoms with Crippen LogP contribution in [0.15, 0.2) is 18.2 Å². The molecule has 2 amide bonds. The minimum absolute atomic E-state index is 0.138. The van der Waals surface area contributed by atoms with E-state index >= 15 is 0 Å². The van der Waals surface area contributed by atoms with Gasteiger partial charge in [0, 0.05) is 20.0 Å². The summed E-state index contributed by atoms with van der Waals surface area (Å²) < 4.78 is 10.7. The Morgan fingerprint density at radius 3 is 2.64 bits per heavy atom. The standard InChI is InChI=1S/C22H27N3O7S/c1-13(26)33-19(11-14-6-7-17-18(10-14)32-12-31-17)20(27)23-15-4-2-8-24-9-3-5-16(22(29)30)25(24)21(15)28/h6-7,10,15-16,19H,2-5,8-9,11-12H2,1H3,(H,23,27)(H,29,30)/t15?,16-,19+/m0/s1. The normalized spacial score (nSPS) is 23.4. The third-order valence-corrected chi connectivity index (χ3v) is 6.98. The molecule has 3 aliphatic heterocycles. The lowest BCUT2D eigenvalue weighted by molar-refractivity contribution is -0.174. The SMILES string of the molecule is CC(=O)S[C@H](Cc1ccc2c(c1)OCO2)C(=O)NC1CCCN2CCC[C@@H](C(=O)O)N2C1=O. The van der Waals surface area contributed by atoms with Gasteiger partial charge in [0.15, 0.2) is 16.6 Å². The van der Waals surface area contributed by atoms with Gasteiger partial charge in [-0.2, -0.15) is 0 Å². The number of carboxylic acids is 1. The molecule has 0 saturated carbocycles. The van der Waals surface area contributed by atoms with Crippen molar-refractivity contribution in [3.8, 4) is 11.5 Å². The number of hydrogen-bond acceptors (Lipinski definition) is 8. The summed E-state index contributed by atoms with van der Waals surface area (Å²) in [6.07, 6.45) is 2.40. The van der Waals surface area contributed by atoms with E-state index in [0.29, 0.717) is 50.3 Å². The maximum atomic E-state index is 13.3. The number of hydrazine groups is 1. The number of hydrogen-bond donors (Lipinski definition) is 2. The van der Waals surface area contributed by atoms with Crippen molar-refractivity contribution in [2.75, 3.05) is 19.9 Å². The quantitative estimate of drug-likeness (QED) is 0.621. The van der Waals surface area contributed by atoms with Crippen LogP contribution in [0, 0.1) is 0 Å². The number of nitrogens with zero attached hydrogens (tertiary/aromatic N) is 2. The van der Waals surface area contributed by atoms with E-state index in [9.17, 15) is 24.3 Å². The molecule has 0 aromatic heterocycles. The number of aliphatic carboxylic acids is 1. The van der Waals surface area contributed by atoms with Gasteiger partial charge < -0.3 is 19.9 Å². The minimum atomic E-state index is -1.05. The molecule has 3 aliphatic rings. The van der Waals surface area contributed by atoms with Gasteiger partial charge in [-0.15, -0.1) is 0 Å². The Morgan fingerprint density at radius 1 is 1.18 bits per heavy atom. The molecule has 11 heteroatoms. The minimum Gasteiger partial charge on any atom is -0.480 e. The lowest BCUT2D eigenvalue weighted by Gasteiger charge is -2.42. The monoisotopic (exact) mass is 477 g/mol. The van der Waals surface area contributed by atoms with Crippen molar-refractivity contribution in [2.24, 2.45) is 0 Å². The van der Waals surface area contributed by atoms with E-state index < -0.39 is 35.1 Å². The summed E-state index contributed by atoms with van der Waals surface area (Å²) in [7, 11) is 0. The molecule has 4 rings (SSSR count). The zero-order valence-electron chi connectivity index (χ0n) is 18.3. The molecular weight excluding hydrogens is 450 g/mol. The average molecular weight is 478 g/mol. The van der Waals surface area contributed by atoms with Crippen molar-refractivity contribution in [1.29, 1.82) is 0 Å². The first-order valence-electron chi connectivity index (χ1n) is 11.0. The molecule has 33 heavy (non-hydrogen) atoms. The molecule has 0 bridgehead atoms. The molecule has 0 spiro atoms. The summed E-state index contributed by atoms with van der Waals surface area (Å²) in [5.74, 6) is -0.676. The van der Waals surface area contributed by atoms with Crippen molar-refractivity contribution in [3.63, 3.8) is 0 Å². The van der Waals surface area contributed by atoms with E-state index in [1.54, 1.807) is 17.1 Å². The van der Waals surface area contributed by atoms with Crippen LogP contribution in [0.4, 0.5) is 0 Å². The van der Waals surface area contributed by atoms with Crippen LogP contribution >= 0.6 is 11.8 Å². The number of thioether (sulfide) groups is 1. The zero-order valence-corrected chi connectivity index (χ0v) is 19.1. The molecule has 3 heterocycles. The number of ether oxygens (including phenoxy) is 2. The van der Waals surface area contributed by atoms with E-state index in [1.165, 1.54) is 11.9 Å². The van der Waals surface area contributed by atoms with Crippen LogP contribution in [0.2, 0.25) is 0 Å². The Labute approximate surface area is 195 Å². The van der Waals surface area contributed by atoms with Gasteiger partial charge in [-0.3, -0.25) is 19.4 Å². The first kappa shape index (κ1) is 23.4. The zero-order chi connectivity index (χ0) is 23.5. The highest BCUT2D eigenvalue weighted by Gasteiger charge is 2.42. The molecule has 2 fully saturated rings. The maximum Gasteiger partial charge on any atom is 0.328 e. The lowest BCUT2D eigenvalue weighted by Crippen LogP contribution is -2.61. The Balaban J connectivity index is 1.49. The Kier molecular flexibility index (Phi) is 7.08. The fourth-order valence-electron chi connectivity index (χ4n) is 4.46. The first-order valence-corrected chi connectivity index (χ1v) is 11.9.